The number of amides is 1. The van der Waals surface area contributed by atoms with Crippen molar-refractivity contribution in [1.82, 2.24) is 14.8 Å². The maximum atomic E-state index is 12.7. The second-order valence-corrected chi connectivity index (χ2v) is 7.45. The van der Waals surface area contributed by atoms with Gasteiger partial charge in [-0.15, -0.1) is 0 Å². The average Bonchev–Trinajstić information content (AvgIpc) is 3.06. The standard InChI is InChI=1S/C18H19N5O2S/c1-22-16(24)9-8-15(21-22)23-10-4-5-12(11-23)17(25)20-18-19-13-6-2-3-7-14(13)26-18/h2-3,6-9,12H,4-5,10-11H2,1H3,(H,19,20,25)/t12-/m1/s1. The number of piperidine rings is 1. The molecule has 3 heterocycles. The minimum absolute atomic E-state index is 0.0152. The van der Waals surface area contributed by atoms with Gasteiger partial charge in [0, 0.05) is 26.2 Å². The quantitative estimate of drug-likeness (QED) is 0.766. The van der Waals surface area contributed by atoms with E-state index >= 15 is 0 Å². The molecule has 4 rings (SSSR count). The Balaban J connectivity index is 1.47. The zero-order valence-corrected chi connectivity index (χ0v) is 15.2. The Hall–Kier alpha value is -2.74. The van der Waals surface area contributed by atoms with Crippen molar-refractivity contribution in [2.45, 2.75) is 12.8 Å². The van der Waals surface area contributed by atoms with Crippen molar-refractivity contribution in [2.75, 3.05) is 23.3 Å². The number of anilines is 2. The largest absolute Gasteiger partial charge is 0.354 e. The summed E-state index contributed by atoms with van der Waals surface area (Å²) in [6, 6.07) is 11.1. The number of benzene rings is 1. The van der Waals surface area contributed by atoms with Gasteiger partial charge in [-0.1, -0.05) is 23.5 Å². The van der Waals surface area contributed by atoms with Gasteiger partial charge in [0.2, 0.25) is 5.91 Å². The molecule has 2 aromatic heterocycles. The summed E-state index contributed by atoms with van der Waals surface area (Å²) in [6.45, 7) is 1.41. The van der Waals surface area contributed by atoms with Crippen molar-refractivity contribution in [3.05, 3.63) is 46.8 Å². The maximum Gasteiger partial charge on any atom is 0.266 e. The van der Waals surface area contributed by atoms with Gasteiger partial charge in [0.05, 0.1) is 16.1 Å². The molecule has 1 atom stereocenters. The second kappa shape index (κ2) is 6.87. The molecule has 1 N–H and O–H groups in total. The molecule has 3 aromatic rings. The molecule has 1 fully saturated rings. The highest BCUT2D eigenvalue weighted by atomic mass is 32.1. The summed E-state index contributed by atoms with van der Waals surface area (Å²) in [6.07, 6.45) is 1.74. The summed E-state index contributed by atoms with van der Waals surface area (Å²) in [5, 5.41) is 7.88. The van der Waals surface area contributed by atoms with E-state index in [1.54, 1.807) is 13.1 Å². The second-order valence-electron chi connectivity index (χ2n) is 6.41. The molecule has 0 radical (unpaired) electrons. The smallest absolute Gasteiger partial charge is 0.266 e. The highest BCUT2D eigenvalue weighted by molar-refractivity contribution is 7.22. The van der Waals surface area contributed by atoms with Crippen LogP contribution in [0.3, 0.4) is 0 Å². The van der Waals surface area contributed by atoms with Gasteiger partial charge in [0.1, 0.15) is 5.82 Å². The third kappa shape index (κ3) is 3.32. The number of para-hydroxylation sites is 1. The molecule has 134 valence electrons. The van der Waals surface area contributed by atoms with Crippen LogP contribution in [0.4, 0.5) is 10.9 Å². The Morgan fingerprint density at radius 1 is 1.27 bits per heavy atom. The van der Waals surface area contributed by atoms with Crippen LogP contribution in [0.15, 0.2) is 41.2 Å². The van der Waals surface area contributed by atoms with Gasteiger partial charge in [-0.3, -0.25) is 9.59 Å². The monoisotopic (exact) mass is 369 g/mol. The average molecular weight is 369 g/mol. The molecule has 0 aliphatic carbocycles. The first-order valence-corrected chi connectivity index (χ1v) is 9.37. The third-order valence-electron chi connectivity index (χ3n) is 4.59. The fourth-order valence-corrected chi connectivity index (χ4v) is 4.06. The minimum atomic E-state index is -0.143. The van der Waals surface area contributed by atoms with E-state index in [9.17, 15) is 9.59 Å². The molecule has 26 heavy (non-hydrogen) atoms. The normalized spacial score (nSPS) is 17.4. The van der Waals surface area contributed by atoms with Crippen molar-refractivity contribution < 1.29 is 4.79 Å². The van der Waals surface area contributed by atoms with Crippen molar-refractivity contribution in [3.63, 3.8) is 0 Å². The molecule has 0 saturated carbocycles. The van der Waals surface area contributed by atoms with Gasteiger partial charge in [-0.25, -0.2) is 9.67 Å². The Kier molecular flexibility index (Phi) is 4.42. The van der Waals surface area contributed by atoms with Gasteiger partial charge in [-0.2, -0.15) is 5.10 Å². The molecule has 1 aliphatic rings. The van der Waals surface area contributed by atoms with E-state index < -0.39 is 0 Å². The summed E-state index contributed by atoms with van der Waals surface area (Å²) < 4.78 is 2.38. The number of carbonyl (C=O) groups is 1. The van der Waals surface area contributed by atoms with Crippen LogP contribution >= 0.6 is 11.3 Å². The Morgan fingerprint density at radius 3 is 2.92 bits per heavy atom. The van der Waals surface area contributed by atoms with Crippen LogP contribution in [0, 0.1) is 5.92 Å². The number of thiazole rings is 1. The number of rotatable bonds is 3. The molecule has 1 aromatic carbocycles. The lowest BCUT2D eigenvalue weighted by Crippen LogP contribution is -2.41. The van der Waals surface area contributed by atoms with E-state index in [0.29, 0.717) is 11.7 Å². The van der Waals surface area contributed by atoms with Crippen molar-refractivity contribution >= 4 is 38.4 Å². The van der Waals surface area contributed by atoms with Gasteiger partial charge >= 0.3 is 0 Å². The van der Waals surface area contributed by atoms with Crippen LogP contribution in [0.2, 0.25) is 0 Å². The van der Waals surface area contributed by atoms with E-state index in [4.69, 9.17) is 0 Å². The van der Waals surface area contributed by atoms with Crippen LogP contribution in [0.1, 0.15) is 12.8 Å². The number of aromatic nitrogens is 3. The molecular formula is C18H19N5O2S. The summed E-state index contributed by atoms with van der Waals surface area (Å²) in [5.74, 6) is 0.581. The molecule has 0 spiro atoms. The van der Waals surface area contributed by atoms with Crippen molar-refractivity contribution in [3.8, 4) is 0 Å². The van der Waals surface area contributed by atoms with Crippen LogP contribution in [-0.4, -0.2) is 33.8 Å². The van der Waals surface area contributed by atoms with Crippen LogP contribution in [0.5, 0.6) is 0 Å². The van der Waals surface area contributed by atoms with Gasteiger partial charge in [-0.05, 0) is 31.0 Å². The molecule has 7 nitrogen and oxygen atoms in total. The predicted octanol–water partition coefficient (Wildman–Crippen LogP) is 2.25. The zero-order valence-electron chi connectivity index (χ0n) is 14.4. The lowest BCUT2D eigenvalue weighted by molar-refractivity contribution is -0.120. The summed E-state index contributed by atoms with van der Waals surface area (Å²) in [4.78, 5) is 30.7. The van der Waals surface area contributed by atoms with E-state index in [-0.39, 0.29) is 17.4 Å². The lowest BCUT2D eigenvalue weighted by atomic mass is 9.97. The molecule has 0 bridgehead atoms. The fraction of sp³-hybridized carbons (Fsp3) is 0.333. The summed E-state index contributed by atoms with van der Waals surface area (Å²) >= 11 is 1.48. The van der Waals surface area contributed by atoms with Gasteiger partial charge < -0.3 is 10.2 Å². The molecule has 0 unspecified atom stereocenters. The Morgan fingerprint density at radius 2 is 2.12 bits per heavy atom. The highest BCUT2D eigenvalue weighted by Crippen LogP contribution is 2.27. The number of nitrogens with one attached hydrogen (secondary N) is 1. The van der Waals surface area contributed by atoms with Crippen LogP contribution in [-0.2, 0) is 11.8 Å². The number of hydrogen-bond acceptors (Lipinski definition) is 6. The maximum absolute atomic E-state index is 12.7. The van der Waals surface area contributed by atoms with Crippen LogP contribution < -0.4 is 15.8 Å². The highest BCUT2D eigenvalue weighted by Gasteiger charge is 2.27. The van der Waals surface area contributed by atoms with Gasteiger partial charge in [0.25, 0.3) is 5.56 Å². The topological polar surface area (TPSA) is 80.1 Å². The number of carbonyl (C=O) groups excluding carboxylic acids is 1. The Bertz CT molecular complexity index is 979. The van der Waals surface area contributed by atoms with E-state index in [1.807, 2.05) is 24.3 Å². The fourth-order valence-electron chi connectivity index (χ4n) is 3.19. The first kappa shape index (κ1) is 16.7. The number of fused-ring (bicyclic) bond motifs is 1. The lowest BCUT2D eigenvalue weighted by Gasteiger charge is -2.32. The molecule has 1 aliphatic heterocycles. The van der Waals surface area contributed by atoms with E-state index in [1.165, 1.54) is 22.1 Å². The first-order chi connectivity index (χ1) is 12.6. The first-order valence-electron chi connectivity index (χ1n) is 8.56. The van der Waals surface area contributed by atoms with Gasteiger partial charge in [0.15, 0.2) is 5.13 Å². The summed E-state index contributed by atoms with van der Waals surface area (Å²) in [7, 11) is 1.63. The van der Waals surface area contributed by atoms with Crippen LogP contribution in [0.25, 0.3) is 10.2 Å². The Labute approximate surface area is 154 Å². The molecular weight excluding hydrogens is 350 g/mol. The molecule has 1 saturated heterocycles. The number of nitrogens with zero attached hydrogens (tertiary/aromatic N) is 4. The van der Waals surface area contributed by atoms with E-state index in [2.05, 4.69) is 20.3 Å². The van der Waals surface area contributed by atoms with Crippen molar-refractivity contribution in [2.24, 2.45) is 13.0 Å². The summed E-state index contributed by atoms with van der Waals surface area (Å²) in [5.41, 5.74) is 0.753. The van der Waals surface area contributed by atoms with Crippen molar-refractivity contribution in [1.29, 1.82) is 0 Å². The third-order valence-corrected chi connectivity index (χ3v) is 5.54. The predicted molar refractivity (Wildman–Crippen MR) is 103 cm³/mol. The minimum Gasteiger partial charge on any atom is -0.354 e. The zero-order chi connectivity index (χ0) is 18.1. The number of aryl methyl sites for hydroxylation is 1. The van der Waals surface area contributed by atoms with E-state index in [0.717, 1.165) is 35.4 Å². The SMILES string of the molecule is Cn1nc(N2CCC[C@@H](C(=O)Nc3nc4ccccc4s3)C2)ccc1=O. The molecule has 1 amide bonds. The number of hydrogen-bond donors (Lipinski definition) is 1. The molecule has 8 heteroatoms.